The summed E-state index contributed by atoms with van der Waals surface area (Å²) in [7, 11) is 0. The third-order valence-corrected chi connectivity index (χ3v) is 3.95. The van der Waals surface area contributed by atoms with Crippen LogP contribution in [-0.4, -0.2) is 54.6 Å². The van der Waals surface area contributed by atoms with E-state index in [4.69, 9.17) is 5.11 Å². The summed E-state index contributed by atoms with van der Waals surface area (Å²) in [6, 6.07) is 0. The van der Waals surface area contributed by atoms with Crippen molar-refractivity contribution in [3.63, 3.8) is 0 Å². The number of aryl methyl sites for hydroxylation is 2. The average molecular weight is 373 g/mol. The zero-order valence-electron chi connectivity index (χ0n) is 14.5. The molecule has 0 unspecified atom stereocenters. The van der Waals surface area contributed by atoms with Crippen molar-refractivity contribution in [1.29, 1.82) is 0 Å². The Labute approximate surface area is 146 Å². The van der Waals surface area contributed by atoms with Crippen LogP contribution >= 0.6 is 0 Å². The van der Waals surface area contributed by atoms with Crippen molar-refractivity contribution < 1.29 is 27.9 Å². The molecule has 0 aliphatic rings. The lowest BCUT2D eigenvalue weighted by Gasteiger charge is -2.19. The second-order valence-electron chi connectivity index (χ2n) is 5.71. The zero-order valence-corrected chi connectivity index (χ0v) is 14.5. The molecule has 2 rings (SSSR count). The molecule has 0 saturated carbocycles. The predicted octanol–water partition coefficient (Wildman–Crippen LogP) is 1.63. The number of nitrogens with zero attached hydrogens (tertiary/aromatic N) is 5. The number of halogens is 3. The van der Waals surface area contributed by atoms with Crippen molar-refractivity contribution in [2.24, 2.45) is 0 Å². The first-order valence-electron chi connectivity index (χ1n) is 7.84. The van der Waals surface area contributed by atoms with E-state index in [1.54, 1.807) is 20.8 Å². The van der Waals surface area contributed by atoms with Crippen LogP contribution in [0, 0.1) is 13.8 Å². The van der Waals surface area contributed by atoms with Gasteiger partial charge in [0.2, 0.25) is 5.91 Å². The molecule has 0 saturated heterocycles. The van der Waals surface area contributed by atoms with Gasteiger partial charge in [0, 0.05) is 24.4 Å². The monoisotopic (exact) mass is 373 g/mol. The molecule has 0 aliphatic carbocycles. The lowest BCUT2D eigenvalue weighted by atomic mass is 10.1. The topological polar surface area (TPSA) is 101 Å². The fourth-order valence-electron chi connectivity index (χ4n) is 2.62. The predicted molar refractivity (Wildman–Crippen MR) is 83.5 cm³/mol. The van der Waals surface area contributed by atoms with Crippen LogP contribution in [-0.2, 0) is 22.2 Å². The normalized spacial score (nSPS) is 11.8. The Balaban J connectivity index is 2.27. The number of hydrogen-bond donors (Lipinski definition) is 1. The molecular formula is C15H18F3N5O3. The number of aliphatic carboxylic acids is 1. The molecule has 2 aromatic heterocycles. The number of carbonyl (C=O) groups is 2. The molecular weight excluding hydrogens is 355 g/mol. The van der Waals surface area contributed by atoms with Crippen molar-refractivity contribution in [1.82, 2.24) is 24.5 Å². The summed E-state index contributed by atoms with van der Waals surface area (Å²) in [5, 5.41) is 12.3. The summed E-state index contributed by atoms with van der Waals surface area (Å²) >= 11 is 0. The number of carboxylic acid groups (broad SMARTS) is 1. The molecule has 2 aromatic rings. The summed E-state index contributed by atoms with van der Waals surface area (Å²) < 4.78 is 39.3. The first-order chi connectivity index (χ1) is 12.0. The highest BCUT2D eigenvalue weighted by Gasteiger charge is 2.37. The lowest BCUT2D eigenvalue weighted by molar-refractivity contribution is -0.144. The standard InChI is InChI=1S/C15H18F3N5O3/c1-4-22(7-12(25)26)11(24)6-5-10-8(2)19-14-20-13(15(16,17)18)21-23(14)9(10)3/h4-7H2,1-3H3,(H,25,26). The van der Waals surface area contributed by atoms with Gasteiger partial charge in [-0.1, -0.05) is 0 Å². The molecule has 0 bridgehead atoms. The van der Waals surface area contributed by atoms with Crippen molar-refractivity contribution in [2.75, 3.05) is 13.1 Å². The van der Waals surface area contributed by atoms with Crippen LogP contribution in [0.4, 0.5) is 13.2 Å². The van der Waals surface area contributed by atoms with E-state index >= 15 is 0 Å². The summed E-state index contributed by atoms with van der Waals surface area (Å²) in [4.78, 5) is 31.5. The molecule has 11 heteroatoms. The summed E-state index contributed by atoms with van der Waals surface area (Å²) in [6.45, 7) is 4.70. The van der Waals surface area contributed by atoms with E-state index < -0.39 is 24.5 Å². The molecule has 0 aromatic carbocycles. The highest BCUT2D eigenvalue weighted by Crippen LogP contribution is 2.27. The van der Waals surface area contributed by atoms with E-state index in [9.17, 15) is 22.8 Å². The molecule has 0 spiro atoms. The summed E-state index contributed by atoms with van der Waals surface area (Å²) in [5.74, 6) is -2.91. The van der Waals surface area contributed by atoms with Crippen LogP contribution in [0.2, 0.25) is 0 Å². The Hall–Kier alpha value is -2.72. The molecule has 0 radical (unpaired) electrons. The van der Waals surface area contributed by atoms with E-state index in [1.165, 1.54) is 4.90 Å². The minimum Gasteiger partial charge on any atom is -0.480 e. The molecule has 0 aliphatic heterocycles. The van der Waals surface area contributed by atoms with Crippen molar-refractivity contribution in [3.8, 4) is 0 Å². The third-order valence-electron chi connectivity index (χ3n) is 3.95. The minimum absolute atomic E-state index is 0.0107. The van der Waals surface area contributed by atoms with Crippen LogP contribution in [0.25, 0.3) is 5.78 Å². The van der Waals surface area contributed by atoms with E-state index in [1.807, 2.05) is 0 Å². The van der Waals surface area contributed by atoms with E-state index in [-0.39, 0.29) is 31.1 Å². The lowest BCUT2D eigenvalue weighted by Crippen LogP contribution is -2.35. The molecule has 0 atom stereocenters. The Morgan fingerprint density at radius 3 is 2.42 bits per heavy atom. The van der Waals surface area contributed by atoms with Gasteiger partial charge in [-0.05, 0) is 32.8 Å². The van der Waals surface area contributed by atoms with Gasteiger partial charge in [0.25, 0.3) is 11.6 Å². The van der Waals surface area contributed by atoms with Crippen LogP contribution in [0.5, 0.6) is 0 Å². The maximum atomic E-state index is 12.8. The maximum Gasteiger partial charge on any atom is 0.453 e. The Morgan fingerprint density at radius 1 is 1.23 bits per heavy atom. The number of likely N-dealkylation sites (N-methyl/N-ethyl adjacent to an activating group) is 1. The van der Waals surface area contributed by atoms with Gasteiger partial charge in [-0.2, -0.15) is 18.2 Å². The molecule has 2 heterocycles. The first kappa shape index (κ1) is 19.6. The van der Waals surface area contributed by atoms with E-state index in [2.05, 4.69) is 15.1 Å². The van der Waals surface area contributed by atoms with Crippen molar-refractivity contribution in [2.45, 2.75) is 39.8 Å². The van der Waals surface area contributed by atoms with Gasteiger partial charge in [0.15, 0.2) is 0 Å². The number of rotatable bonds is 6. The summed E-state index contributed by atoms with van der Waals surface area (Å²) in [5.41, 5.74) is 1.44. The fraction of sp³-hybridized carbons (Fsp3) is 0.533. The van der Waals surface area contributed by atoms with Gasteiger partial charge in [0.1, 0.15) is 6.54 Å². The Morgan fingerprint density at radius 2 is 1.88 bits per heavy atom. The van der Waals surface area contributed by atoms with E-state index in [0.717, 1.165) is 4.52 Å². The number of fused-ring (bicyclic) bond motifs is 1. The average Bonchev–Trinajstić information content (AvgIpc) is 2.96. The number of carbonyl (C=O) groups excluding carboxylic acids is 1. The van der Waals surface area contributed by atoms with Gasteiger partial charge in [0.05, 0.1) is 0 Å². The zero-order chi connectivity index (χ0) is 19.6. The van der Waals surface area contributed by atoms with Gasteiger partial charge in [-0.15, -0.1) is 5.10 Å². The van der Waals surface area contributed by atoms with Crippen LogP contribution in [0.1, 0.15) is 36.1 Å². The molecule has 1 N–H and O–H groups in total. The number of hydrogen-bond acceptors (Lipinski definition) is 5. The van der Waals surface area contributed by atoms with Crippen LogP contribution in [0.3, 0.4) is 0 Å². The van der Waals surface area contributed by atoms with Crippen molar-refractivity contribution in [3.05, 3.63) is 22.8 Å². The number of alkyl halides is 3. The second-order valence-corrected chi connectivity index (χ2v) is 5.71. The fourth-order valence-corrected chi connectivity index (χ4v) is 2.62. The third kappa shape index (κ3) is 4.09. The number of carboxylic acids is 1. The smallest absolute Gasteiger partial charge is 0.453 e. The van der Waals surface area contributed by atoms with Gasteiger partial charge >= 0.3 is 12.1 Å². The highest BCUT2D eigenvalue weighted by molar-refractivity contribution is 5.81. The molecule has 1 amide bonds. The molecule has 142 valence electrons. The van der Waals surface area contributed by atoms with Crippen LogP contribution in [0.15, 0.2) is 0 Å². The SMILES string of the molecule is CCN(CC(=O)O)C(=O)CCc1c(C)nc2nc(C(F)(F)F)nn2c1C. The molecule has 26 heavy (non-hydrogen) atoms. The first-order valence-corrected chi connectivity index (χ1v) is 7.84. The Bertz CT molecular complexity index is 847. The highest BCUT2D eigenvalue weighted by atomic mass is 19.4. The van der Waals surface area contributed by atoms with Gasteiger partial charge in [-0.25, -0.2) is 9.50 Å². The largest absolute Gasteiger partial charge is 0.480 e. The minimum atomic E-state index is -4.68. The second kappa shape index (κ2) is 7.26. The van der Waals surface area contributed by atoms with Crippen molar-refractivity contribution >= 4 is 17.7 Å². The van der Waals surface area contributed by atoms with Gasteiger partial charge in [-0.3, -0.25) is 9.59 Å². The summed E-state index contributed by atoms with van der Waals surface area (Å²) in [6.07, 6.45) is -4.46. The molecule has 0 fully saturated rings. The maximum absolute atomic E-state index is 12.8. The number of amides is 1. The Kier molecular flexibility index (Phi) is 5.47. The van der Waals surface area contributed by atoms with Crippen LogP contribution < -0.4 is 0 Å². The molecule has 8 nitrogen and oxygen atoms in total. The van der Waals surface area contributed by atoms with E-state index in [0.29, 0.717) is 17.0 Å². The quantitative estimate of drug-likeness (QED) is 0.826. The van der Waals surface area contributed by atoms with Gasteiger partial charge < -0.3 is 10.0 Å². The number of aromatic nitrogens is 4.